The van der Waals surface area contributed by atoms with Gasteiger partial charge in [0, 0.05) is 25.4 Å². The normalized spacial score (nSPS) is 18.0. The SMILES string of the molecule is CC1CN(c2ccc(CN=C(N)Nc3cc(F)ccc3F)cn2)CCO1. The zero-order chi connectivity index (χ0) is 18.5. The Morgan fingerprint density at radius 2 is 2.23 bits per heavy atom. The molecule has 0 bridgehead atoms. The maximum absolute atomic E-state index is 13.6. The molecule has 3 N–H and O–H groups in total. The average molecular weight is 361 g/mol. The molecule has 0 spiro atoms. The number of anilines is 2. The van der Waals surface area contributed by atoms with Crippen LogP contribution in [0.4, 0.5) is 20.3 Å². The molecule has 1 saturated heterocycles. The molecule has 0 saturated carbocycles. The lowest BCUT2D eigenvalue weighted by Crippen LogP contribution is -2.41. The summed E-state index contributed by atoms with van der Waals surface area (Å²) in [4.78, 5) is 10.8. The maximum Gasteiger partial charge on any atom is 0.193 e. The van der Waals surface area contributed by atoms with E-state index in [-0.39, 0.29) is 24.3 Å². The van der Waals surface area contributed by atoms with Gasteiger partial charge in [0.05, 0.1) is 24.9 Å². The van der Waals surface area contributed by atoms with E-state index in [1.807, 2.05) is 19.1 Å². The molecule has 1 unspecified atom stereocenters. The van der Waals surface area contributed by atoms with E-state index in [1.165, 1.54) is 0 Å². The third-order valence-corrected chi connectivity index (χ3v) is 4.00. The number of hydrogen-bond acceptors (Lipinski definition) is 4. The predicted molar refractivity (Wildman–Crippen MR) is 97.2 cm³/mol. The standard InChI is InChI=1S/C18H21F2N5O/c1-12-11-25(6-7-26-12)17-5-2-13(9-22-17)10-23-18(21)24-16-8-14(19)3-4-15(16)20/h2-5,8-9,12H,6-7,10-11H2,1H3,(H3,21,23,24). The number of pyridine rings is 1. The van der Waals surface area contributed by atoms with Gasteiger partial charge in [-0.1, -0.05) is 6.07 Å². The Labute approximate surface area is 150 Å². The summed E-state index contributed by atoms with van der Waals surface area (Å²) in [6.45, 7) is 4.62. The highest BCUT2D eigenvalue weighted by Gasteiger charge is 2.17. The Morgan fingerprint density at radius 3 is 2.96 bits per heavy atom. The van der Waals surface area contributed by atoms with Crippen LogP contribution in [0, 0.1) is 11.6 Å². The quantitative estimate of drug-likeness (QED) is 0.646. The van der Waals surface area contributed by atoms with Crippen molar-refractivity contribution >= 4 is 17.5 Å². The molecule has 3 rings (SSSR count). The van der Waals surface area contributed by atoms with Gasteiger partial charge in [0.15, 0.2) is 5.96 Å². The second-order valence-electron chi connectivity index (χ2n) is 6.10. The lowest BCUT2D eigenvalue weighted by atomic mass is 10.2. The van der Waals surface area contributed by atoms with Gasteiger partial charge in [-0.15, -0.1) is 0 Å². The number of aromatic nitrogens is 1. The largest absolute Gasteiger partial charge is 0.375 e. The van der Waals surface area contributed by atoms with Crippen molar-refractivity contribution in [1.82, 2.24) is 4.98 Å². The minimum Gasteiger partial charge on any atom is -0.375 e. The lowest BCUT2D eigenvalue weighted by Gasteiger charge is -2.32. The molecule has 26 heavy (non-hydrogen) atoms. The predicted octanol–water partition coefficient (Wildman–Crippen LogP) is 2.51. The smallest absolute Gasteiger partial charge is 0.193 e. The molecule has 1 atom stereocenters. The first-order chi connectivity index (χ1) is 12.5. The van der Waals surface area contributed by atoms with Crippen LogP contribution < -0.4 is 16.0 Å². The molecule has 2 aromatic rings. The van der Waals surface area contributed by atoms with E-state index in [0.717, 1.165) is 42.7 Å². The van der Waals surface area contributed by atoms with Crippen molar-refractivity contribution in [3.05, 3.63) is 53.7 Å². The van der Waals surface area contributed by atoms with Gasteiger partial charge in [-0.25, -0.2) is 18.8 Å². The van der Waals surface area contributed by atoms with Crippen LogP contribution in [0.3, 0.4) is 0 Å². The third kappa shape index (κ3) is 4.66. The second-order valence-corrected chi connectivity index (χ2v) is 6.10. The molecule has 1 aliphatic heterocycles. The number of nitrogens with one attached hydrogen (secondary N) is 1. The van der Waals surface area contributed by atoms with Gasteiger partial charge in [0.25, 0.3) is 0 Å². The molecule has 8 heteroatoms. The molecule has 1 aromatic carbocycles. The van der Waals surface area contributed by atoms with E-state index in [2.05, 4.69) is 20.2 Å². The Morgan fingerprint density at radius 1 is 1.38 bits per heavy atom. The van der Waals surface area contributed by atoms with Crippen LogP contribution >= 0.6 is 0 Å². The Kier molecular flexibility index (Phi) is 5.62. The summed E-state index contributed by atoms with van der Waals surface area (Å²) in [5.74, 6) is -0.268. The van der Waals surface area contributed by atoms with Crippen molar-refractivity contribution in [2.45, 2.75) is 19.6 Å². The van der Waals surface area contributed by atoms with Gasteiger partial charge in [-0.2, -0.15) is 0 Å². The Bertz CT molecular complexity index is 782. The summed E-state index contributed by atoms with van der Waals surface area (Å²) in [5, 5.41) is 2.56. The summed E-state index contributed by atoms with van der Waals surface area (Å²) < 4.78 is 32.3. The molecule has 1 fully saturated rings. The number of halogens is 2. The van der Waals surface area contributed by atoms with Crippen LogP contribution in [0.1, 0.15) is 12.5 Å². The zero-order valence-corrected chi connectivity index (χ0v) is 14.5. The number of guanidine groups is 1. The number of nitrogens with zero attached hydrogens (tertiary/aromatic N) is 3. The fourth-order valence-corrected chi connectivity index (χ4v) is 2.67. The minimum atomic E-state index is -0.602. The molecule has 1 aromatic heterocycles. The van der Waals surface area contributed by atoms with Crippen LogP contribution in [-0.4, -0.2) is 36.7 Å². The Balaban J connectivity index is 1.60. The Hall–Kier alpha value is -2.74. The zero-order valence-electron chi connectivity index (χ0n) is 14.5. The van der Waals surface area contributed by atoms with E-state index < -0.39 is 11.6 Å². The highest BCUT2D eigenvalue weighted by Crippen LogP contribution is 2.17. The van der Waals surface area contributed by atoms with Crippen molar-refractivity contribution in [2.24, 2.45) is 10.7 Å². The summed E-state index contributed by atoms with van der Waals surface area (Å²) in [6.07, 6.45) is 1.92. The van der Waals surface area contributed by atoms with Crippen molar-refractivity contribution in [3.63, 3.8) is 0 Å². The van der Waals surface area contributed by atoms with Crippen LogP contribution in [-0.2, 0) is 11.3 Å². The monoisotopic (exact) mass is 361 g/mol. The molecular formula is C18H21F2N5O. The molecule has 0 amide bonds. The van der Waals surface area contributed by atoms with Crippen molar-refractivity contribution in [1.29, 1.82) is 0 Å². The summed E-state index contributed by atoms with van der Waals surface area (Å²) in [5.41, 5.74) is 6.55. The molecule has 138 valence electrons. The number of hydrogen-bond donors (Lipinski definition) is 2. The summed E-state index contributed by atoms with van der Waals surface area (Å²) >= 11 is 0. The average Bonchev–Trinajstić information content (AvgIpc) is 2.63. The second kappa shape index (κ2) is 8.09. The summed E-state index contributed by atoms with van der Waals surface area (Å²) in [7, 11) is 0. The highest BCUT2D eigenvalue weighted by atomic mass is 19.1. The first kappa shape index (κ1) is 18.1. The fourth-order valence-electron chi connectivity index (χ4n) is 2.67. The molecule has 6 nitrogen and oxygen atoms in total. The lowest BCUT2D eigenvalue weighted by molar-refractivity contribution is 0.0529. The van der Waals surface area contributed by atoms with Crippen LogP contribution in [0.2, 0.25) is 0 Å². The first-order valence-corrected chi connectivity index (χ1v) is 8.35. The van der Waals surface area contributed by atoms with Gasteiger partial charge < -0.3 is 20.7 Å². The van der Waals surface area contributed by atoms with Crippen LogP contribution in [0.15, 0.2) is 41.5 Å². The summed E-state index contributed by atoms with van der Waals surface area (Å²) in [6, 6.07) is 6.94. The van der Waals surface area contributed by atoms with Gasteiger partial charge >= 0.3 is 0 Å². The van der Waals surface area contributed by atoms with Crippen LogP contribution in [0.25, 0.3) is 0 Å². The van der Waals surface area contributed by atoms with E-state index >= 15 is 0 Å². The number of benzene rings is 1. The van der Waals surface area contributed by atoms with Crippen LogP contribution in [0.5, 0.6) is 0 Å². The molecule has 0 aliphatic carbocycles. The molecule has 2 heterocycles. The molecule has 1 aliphatic rings. The maximum atomic E-state index is 13.6. The number of aliphatic imine (C=N–C) groups is 1. The highest BCUT2D eigenvalue weighted by molar-refractivity contribution is 5.92. The van der Waals surface area contributed by atoms with Crippen molar-refractivity contribution < 1.29 is 13.5 Å². The number of ether oxygens (including phenoxy) is 1. The number of nitrogens with two attached hydrogens (primary N) is 1. The fraction of sp³-hybridized carbons (Fsp3) is 0.333. The topological polar surface area (TPSA) is 75.8 Å². The van der Waals surface area contributed by atoms with Gasteiger partial charge in [-0.3, -0.25) is 0 Å². The number of morpholine rings is 1. The first-order valence-electron chi connectivity index (χ1n) is 8.35. The van der Waals surface area contributed by atoms with E-state index in [1.54, 1.807) is 6.20 Å². The van der Waals surface area contributed by atoms with Gasteiger partial charge in [0.2, 0.25) is 0 Å². The molecular weight excluding hydrogens is 340 g/mol. The van der Waals surface area contributed by atoms with E-state index in [0.29, 0.717) is 6.61 Å². The minimum absolute atomic E-state index is 0.000538. The van der Waals surface area contributed by atoms with Gasteiger partial charge in [-0.05, 0) is 30.7 Å². The number of rotatable bonds is 4. The van der Waals surface area contributed by atoms with E-state index in [4.69, 9.17) is 10.5 Å². The van der Waals surface area contributed by atoms with Crippen molar-refractivity contribution in [3.8, 4) is 0 Å². The van der Waals surface area contributed by atoms with Crippen molar-refractivity contribution in [2.75, 3.05) is 29.9 Å². The molecule has 0 radical (unpaired) electrons. The van der Waals surface area contributed by atoms with E-state index in [9.17, 15) is 8.78 Å². The van der Waals surface area contributed by atoms with Gasteiger partial charge in [0.1, 0.15) is 17.5 Å². The third-order valence-electron chi connectivity index (χ3n) is 4.00.